The maximum absolute atomic E-state index is 5.92. The van der Waals surface area contributed by atoms with Crippen LogP contribution < -0.4 is 5.73 Å². The Morgan fingerprint density at radius 1 is 1.27 bits per heavy atom. The van der Waals surface area contributed by atoms with Gasteiger partial charge in [-0.1, -0.05) is 29.3 Å². The van der Waals surface area contributed by atoms with Crippen molar-refractivity contribution in [3.8, 4) is 0 Å². The smallest absolute Gasteiger partial charge is 0.0931 e. The molecule has 0 aliphatic rings. The normalized spacial score (nSPS) is 10.5. The summed E-state index contributed by atoms with van der Waals surface area (Å²) < 4.78 is 0.830. The zero-order valence-electron chi connectivity index (χ0n) is 8.46. The van der Waals surface area contributed by atoms with E-state index in [4.69, 9.17) is 17.3 Å². The molecule has 0 amide bonds. The van der Waals surface area contributed by atoms with Crippen LogP contribution in [0.15, 0.2) is 30.3 Å². The van der Waals surface area contributed by atoms with E-state index in [1.54, 1.807) is 11.3 Å². The molecule has 0 unspecified atom stereocenters. The molecule has 0 saturated carbocycles. The van der Waals surface area contributed by atoms with Crippen molar-refractivity contribution in [2.45, 2.75) is 13.3 Å². The molecule has 1 heterocycles. The lowest BCUT2D eigenvalue weighted by Crippen LogP contribution is -1.94. The average molecular weight is 238 g/mol. The second-order valence-corrected chi connectivity index (χ2v) is 5.38. The van der Waals surface area contributed by atoms with Crippen LogP contribution in [0.1, 0.15) is 16.0 Å². The summed E-state index contributed by atoms with van der Waals surface area (Å²) in [7, 11) is 0. The SMILES string of the molecule is Cc1ccc(N)c(Cc2ccc(Cl)s2)c1. The van der Waals surface area contributed by atoms with Gasteiger partial charge < -0.3 is 5.73 Å². The van der Waals surface area contributed by atoms with Gasteiger partial charge in [0.1, 0.15) is 0 Å². The fraction of sp³-hybridized carbons (Fsp3) is 0.167. The number of anilines is 1. The molecule has 0 radical (unpaired) electrons. The third-order valence-electron chi connectivity index (χ3n) is 2.29. The van der Waals surface area contributed by atoms with Gasteiger partial charge in [-0.05, 0) is 30.7 Å². The highest BCUT2D eigenvalue weighted by molar-refractivity contribution is 7.16. The standard InChI is InChI=1S/C12H12ClNS/c1-8-2-4-11(14)9(6-8)7-10-3-5-12(13)15-10/h2-6H,7,14H2,1H3. The molecule has 2 N–H and O–H groups in total. The number of rotatable bonds is 2. The Kier molecular flexibility index (Phi) is 2.98. The van der Waals surface area contributed by atoms with Crippen molar-refractivity contribution in [3.05, 3.63) is 50.7 Å². The third kappa shape index (κ3) is 2.52. The summed E-state index contributed by atoms with van der Waals surface area (Å²) in [5, 5.41) is 0. The van der Waals surface area contributed by atoms with Gasteiger partial charge in [-0.3, -0.25) is 0 Å². The Hall–Kier alpha value is -0.990. The van der Waals surface area contributed by atoms with Crippen LogP contribution in [-0.2, 0) is 6.42 Å². The van der Waals surface area contributed by atoms with Crippen molar-refractivity contribution >= 4 is 28.6 Å². The average Bonchev–Trinajstić information content (AvgIpc) is 2.58. The maximum Gasteiger partial charge on any atom is 0.0931 e. The fourth-order valence-electron chi connectivity index (χ4n) is 1.52. The predicted molar refractivity (Wildman–Crippen MR) is 67.7 cm³/mol. The van der Waals surface area contributed by atoms with Gasteiger partial charge in [0.15, 0.2) is 0 Å². The summed E-state index contributed by atoms with van der Waals surface area (Å²) in [5.74, 6) is 0. The van der Waals surface area contributed by atoms with E-state index in [0.717, 1.165) is 16.4 Å². The molecule has 0 atom stereocenters. The first-order chi connectivity index (χ1) is 7.15. The predicted octanol–water partition coefficient (Wildman–Crippen LogP) is 3.88. The van der Waals surface area contributed by atoms with Gasteiger partial charge in [-0.25, -0.2) is 0 Å². The maximum atomic E-state index is 5.92. The van der Waals surface area contributed by atoms with Gasteiger partial charge in [-0.2, -0.15) is 0 Å². The minimum absolute atomic E-state index is 0.830. The quantitative estimate of drug-likeness (QED) is 0.789. The van der Waals surface area contributed by atoms with Crippen LogP contribution in [-0.4, -0.2) is 0 Å². The largest absolute Gasteiger partial charge is 0.398 e. The monoisotopic (exact) mass is 237 g/mol. The number of thiophene rings is 1. The molecule has 0 aliphatic heterocycles. The summed E-state index contributed by atoms with van der Waals surface area (Å²) >= 11 is 7.49. The Bertz CT molecular complexity index is 476. The minimum Gasteiger partial charge on any atom is -0.398 e. The lowest BCUT2D eigenvalue weighted by atomic mass is 10.1. The lowest BCUT2D eigenvalue weighted by molar-refractivity contribution is 1.23. The summed E-state index contributed by atoms with van der Waals surface area (Å²) in [6.07, 6.45) is 0.866. The molecule has 0 bridgehead atoms. The van der Waals surface area contributed by atoms with Crippen LogP contribution in [0.5, 0.6) is 0 Å². The van der Waals surface area contributed by atoms with Crippen LogP contribution in [0.4, 0.5) is 5.69 Å². The third-order valence-corrected chi connectivity index (χ3v) is 3.52. The Morgan fingerprint density at radius 2 is 2.07 bits per heavy atom. The highest BCUT2D eigenvalue weighted by atomic mass is 35.5. The van der Waals surface area contributed by atoms with E-state index in [0.29, 0.717) is 0 Å². The van der Waals surface area contributed by atoms with E-state index >= 15 is 0 Å². The fourth-order valence-corrected chi connectivity index (χ4v) is 2.63. The van der Waals surface area contributed by atoms with Crippen LogP contribution in [0, 0.1) is 6.92 Å². The molecule has 2 aromatic rings. The van der Waals surface area contributed by atoms with Crippen LogP contribution in [0.2, 0.25) is 4.34 Å². The van der Waals surface area contributed by atoms with E-state index in [1.807, 2.05) is 18.2 Å². The molecule has 0 spiro atoms. The van der Waals surface area contributed by atoms with Crippen LogP contribution in [0.3, 0.4) is 0 Å². The van der Waals surface area contributed by atoms with Crippen molar-refractivity contribution in [1.29, 1.82) is 0 Å². The highest BCUT2D eigenvalue weighted by Crippen LogP contribution is 2.26. The number of nitrogens with two attached hydrogens (primary N) is 1. The molecule has 1 aromatic carbocycles. The van der Waals surface area contributed by atoms with E-state index in [-0.39, 0.29) is 0 Å². The van der Waals surface area contributed by atoms with Crippen molar-refractivity contribution in [3.63, 3.8) is 0 Å². The van der Waals surface area contributed by atoms with Gasteiger partial charge in [0.2, 0.25) is 0 Å². The first-order valence-electron chi connectivity index (χ1n) is 4.74. The topological polar surface area (TPSA) is 26.0 Å². The molecule has 78 valence electrons. The molecule has 1 aromatic heterocycles. The van der Waals surface area contributed by atoms with Crippen molar-refractivity contribution in [1.82, 2.24) is 0 Å². The van der Waals surface area contributed by atoms with E-state index in [1.165, 1.54) is 16.0 Å². The second-order valence-electron chi connectivity index (χ2n) is 3.58. The second kappa shape index (κ2) is 4.25. The van der Waals surface area contributed by atoms with Crippen molar-refractivity contribution < 1.29 is 0 Å². The number of halogens is 1. The number of hydrogen-bond donors (Lipinski definition) is 1. The molecule has 0 fully saturated rings. The molecule has 3 heteroatoms. The first kappa shape index (κ1) is 10.5. The Balaban J connectivity index is 2.27. The van der Waals surface area contributed by atoms with Crippen LogP contribution >= 0.6 is 22.9 Å². The highest BCUT2D eigenvalue weighted by Gasteiger charge is 2.03. The first-order valence-corrected chi connectivity index (χ1v) is 5.94. The zero-order valence-corrected chi connectivity index (χ0v) is 10.0. The summed E-state index contributed by atoms with van der Waals surface area (Å²) in [5.41, 5.74) is 9.18. The van der Waals surface area contributed by atoms with Gasteiger partial charge in [0, 0.05) is 17.0 Å². The molecule has 15 heavy (non-hydrogen) atoms. The van der Waals surface area contributed by atoms with E-state index in [2.05, 4.69) is 19.1 Å². The van der Waals surface area contributed by atoms with E-state index < -0.39 is 0 Å². The summed E-state index contributed by atoms with van der Waals surface area (Å²) in [4.78, 5) is 1.25. The number of hydrogen-bond acceptors (Lipinski definition) is 2. The van der Waals surface area contributed by atoms with Gasteiger partial charge in [-0.15, -0.1) is 11.3 Å². The molecular formula is C12H12ClNS. The molecule has 0 saturated heterocycles. The number of benzene rings is 1. The zero-order chi connectivity index (χ0) is 10.8. The van der Waals surface area contributed by atoms with Gasteiger partial charge in [0.25, 0.3) is 0 Å². The number of aryl methyl sites for hydroxylation is 1. The molecule has 1 nitrogen and oxygen atoms in total. The Labute approximate surface area is 98.5 Å². The Morgan fingerprint density at radius 3 is 2.73 bits per heavy atom. The summed E-state index contributed by atoms with van der Waals surface area (Å²) in [6, 6.07) is 10.1. The summed E-state index contributed by atoms with van der Waals surface area (Å²) in [6.45, 7) is 2.07. The molecule has 0 aliphatic carbocycles. The van der Waals surface area contributed by atoms with E-state index in [9.17, 15) is 0 Å². The lowest BCUT2D eigenvalue weighted by Gasteiger charge is -2.05. The van der Waals surface area contributed by atoms with Crippen LogP contribution in [0.25, 0.3) is 0 Å². The number of nitrogen functional groups attached to an aromatic ring is 1. The molecule has 2 rings (SSSR count). The van der Waals surface area contributed by atoms with Gasteiger partial charge >= 0.3 is 0 Å². The van der Waals surface area contributed by atoms with Crippen molar-refractivity contribution in [2.24, 2.45) is 0 Å². The van der Waals surface area contributed by atoms with Gasteiger partial charge in [0.05, 0.1) is 4.34 Å². The molecular weight excluding hydrogens is 226 g/mol. The van der Waals surface area contributed by atoms with Crippen molar-refractivity contribution in [2.75, 3.05) is 5.73 Å². The minimum atomic E-state index is 0.830.